The van der Waals surface area contributed by atoms with Crippen molar-refractivity contribution in [1.82, 2.24) is 4.98 Å². The number of pyridine rings is 1. The summed E-state index contributed by atoms with van der Waals surface area (Å²) in [5.41, 5.74) is 7.62. The Balaban J connectivity index is 2.58. The molecule has 0 spiro atoms. The SMILES string of the molecule is Nc1ccc(-c2c(Cl)cccc2Cl)nc1. The number of nitrogens with zero attached hydrogens (tertiary/aromatic N) is 1. The maximum Gasteiger partial charge on any atom is 0.0733 e. The van der Waals surface area contributed by atoms with E-state index in [1.54, 1.807) is 36.5 Å². The highest BCUT2D eigenvalue weighted by atomic mass is 35.5. The molecule has 0 aliphatic rings. The molecule has 4 heteroatoms. The van der Waals surface area contributed by atoms with Gasteiger partial charge in [0.15, 0.2) is 0 Å². The first-order valence-electron chi connectivity index (χ1n) is 4.34. The number of hydrogen-bond acceptors (Lipinski definition) is 2. The van der Waals surface area contributed by atoms with Crippen molar-refractivity contribution in [3.05, 3.63) is 46.6 Å². The number of hydrogen-bond donors (Lipinski definition) is 1. The van der Waals surface area contributed by atoms with Gasteiger partial charge in [0.05, 0.1) is 27.6 Å². The fourth-order valence-corrected chi connectivity index (χ4v) is 1.89. The van der Waals surface area contributed by atoms with Gasteiger partial charge in [-0.25, -0.2) is 0 Å². The molecule has 1 aromatic carbocycles. The Kier molecular flexibility index (Phi) is 2.80. The van der Waals surface area contributed by atoms with Crippen LogP contribution in [0.4, 0.5) is 5.69 Å². The molecular weight excluding hydrogens is 231 g/mol. The van der Waals surface area contributed by atoms with E-state index >= 15 is 0 Å². The molecule has 0 saturated heterocycles. The van der Waals surface area contributed by atoms with Crippen LogP contribution in [0.2, 0.25) is 10.0 Å². The zero-order valence-corrected chi connectivity index (χ0v) is 9.26. The highest BCUT2D eigenvalue weighted by molar-refractivity contribution is 6.39. The Morgan fingerprint density at radius 3 is 2.20 bits per heavy atom. The number of nitrogens with two attached hydrogens (primary N) is 1. The second kappa shape index (κ2) is 4.09. The van der Waals surface area contributed by atoms with Crippen molar-refractivity contribution in [2.24, 2.45) is 0 Å². The minimum atomic E-state index is 0.583. The first-order valence-corrected chi connectivity index (χ1v) is 5.10. The highest BCUT2D eigenvalue weighted by Crippen LogP contribution is 2.33. The summed E-state index contributed by atoms with van der Waals surface area (Å²) in [6, 6.07) is 8.91. The summed E-state index contributed by atoms with van der Waals surface area (Å²) in [5, 5.41) is 1.17. The van der Waals surface area contributed by atoms with Gasteiger partial charge >= 0.3 is 0 Å². The molecule has 0 saturated carbocycles. The Labute approximate surface area is 97.7 Å². The lowest BCUT2D eigenvalue weighted by Crippen LogP contribution is -1.89. The smallest absolute Gasteiger partial charge is 0.0733 e. The summed E-state index contributed by atoms with van der Waals surface area (Å²) < 4.78 is 0. The van der Waals surface area contributed by atoms with Gasteiger partial charge in [0.1, 0.15) is 0 Å². The molecule has 2 nitrogen and oxygen atoms in total. The third-order valence-corrected chi connectivity index (χ3v) is 2.64. The van der Waals surface area contributed by atoms with Crippen LogP contribution in [0, 0.1) is 0 Å². The van der Waals surface area contributed by atoms with E-state index in [0.717, 1.165) is 11.3 Å². The van der Waals surface area contributed by atoms with Crippen molar-refractivity contribution in [3.8, 4) is 11.3 Å². The fraction of sp³-hybridized carbons (Fsp3) is 0. The van der Waals surface area contributed by atoms with Gasteiger partial charge in [-0.15, -0.1) is 0 Å². The average Bonchev–Trinajstić information content (AvgIpc) is 2.20. The highest BCUT2D eigenvalue weighted by Gasteiger charge is 2.08. The van der Waals surface area contributed by atoms with E-state index in [1.807, 2.05) is 0 Å². The number of halogens is 2. The van der Waals surface area contributed by atoms with Crippen LogP contribution in [0.25, 0.3) is 11.3 Å². The van der Waals surface area contributed by atoms with Gasteiger partial charge in [0, 0.05) is 5.56 Å². The Bertz CT molecular complexity index is 460. The van der Waals surface area contributed by atoms with Crippen LogP contribution in [-0.2, 0) is 0 Å². The molecule has 0 aliphatic heterocycles. The van der Waals surface area contributed by atoms with E-state index in [2.05, 4.69) is 4.98 Å². The largest absolute Gasteiger partial charge is 0.397 e. The van der Waals surface area contributed by atoms with Crippen LogP contribution in [0.5, 0.6) is 0 Å². The summed E-state index contributed by atoms with van der Waals surface area (Å²) in [7, 11) is 0. The van der Waals surface area contributed by atoms with E-state index in [9.17, 15) is 0 Å². The second-order valence-electron chi connectivity index (χ2n) is 3.07. The molecule has 1 aromatic heterocycles. The normalized spacial score (nSPS) is 10.3. The molecule has 76 valence electrons. The van der Waals surface area contributed by atoms with Gasteiger partial charge in [-0.05, 0) is 24.3 Å². The summed E-state index contributed by atoms with van der Waals surface area (Å²) in [4.78, 5) is 4.18. The quantitative estimate of drug-likeness (QED) is 0.825. The lowest BCUT2D eigenvalue weighted by molar-refractivity contribution is 1.33. The molecular formula is C11H8Cl2N2. The first kappa shape index (κ1) is 10.3. The molecule has 0 atom stereocenters. The van der Waals surface area contributed by atoms with Crippen LogP contribution in [0.3, 0.4) is 0 Å². The Morgan fingerprint density at radius 1 is 1.00 bits per heavy atom. The summed E-state index contributed by atoms with van der Waals surface area (Å²) in [6.07, 6.45) is 1.58. The fourth-order valence-electron chi connectivity index (χ4n) is 1.30. The van der Waals surface area contributed by atoms with E-state index in [0.29, 0.717) is 15.7 Å². The zero-order chi connectivity index (χ0) is 10.8. The predicted octanol–water partition coefficient (Wildman–Crippen LogP) is 3.64. The van der Waals surface area contributed by atoms with Crippen molar-refractivity contribution in [2.75, 3.05) is 5.73 Å². The summed E-state index contributed by atoms with van der Waals surface area (Å²) in [5.74, 6) is 0. The minimum absolute atomic E-state index is 0.583. The van der Waals surface area contributed by atoms with Crippen LogP contribution in [0.15, 0.2) is 36.5 Å². The van der Waals surface area contributed by atoms with E-state index in [-0.39, 0.29) is 0 Å². The predicted molar refractivity (Wildman–Crippen MR) is 64.1 cm³/mol. The molecule has 0 aliphatic carbocycles. The molecule has 0 bridgehead atoms. The number of benzene rings is 1. The zero-order valence-electron chi connectivity index (χ0n) is 7.74. The van der Waals surface area contributed by atoms with Gasteiger partial charge in [-0.1, -0.05) is 29.3 Å². The van der Waals surface area contributed by atoms with Gasteiger partial charge in [-0.2, -0.15) is 0 Å². The van der Waals surface area contributed by atoms with Crippen LogP contribution in [0.1, 0.15) is 0 Å². The standard InChI is InChI=1S/C11H8Cl2N2/c12-8-2-1-3-9(13)11(8)10-5-4-7(14)6-15-10/h1-6H,14H2. The molecule has 0 amide bonds. The minimum Gasteiger partial charge on any atom is -0.397 e. The molecule has 1 heterocycles. The van der Waals surface area contributed by atoms with Crippen LogP contribution >= 0.6 is 23.2 Å². The van der Waals surface area contributed by atoms with E-state index < -0.39 is 0 Å². The lowest BCUT2D eigenvalue weighted by atomic mass is 10.1. The van der Waals surface area contributed by atoms with Crippen molar-refractivity contribution in [3.63, 3.8) is 0 Å². The third kappa shape index (κ3) is 2.06. The van der Waals surface area contributed by atoms with Crippen molar-refractivity contribution in [1.29, 1.82) is 0 Å². The summed E-state index contributed by atoms with van der Waals surface area (Å²) >= 11 is 12.1. The van der Waals surface area contributed by atoms with Gasteiger partial charge in [0.25, 0.3) is 0 Å². The molecule has 2 aromatic rings. The molecule has 2 rings (SSSR count). The van der Waals surface area contributed by atoms with E-state index in [1.165, 1.54) is 0 Å². The molecule has 0 unspecified atom stereocenters. The molecule has 0 radical (unpaired) electrons. The summed E-state index contributed by atoms with van der Waals surface area (Å²) in [6.45, 7) is 0. The van der Waals surface area contributed by atoms with Gasteiger partial charge in [0.2, 0.25) is 0 Å². The van der Waals surface area contributed by atoms with Crippen molar-refractivity contribution < 1.29 is 0 Å². The monoisotopic (exact) mass is 238 g/mol. The Hall–Kier alpha value is -1.25. The van der Waals surface area contributed by atoms with E-state index in [4.69, 9.17) is 28.9 Å². The number of nitrogen functional groups attached to an aromatic ring is 1. The molecule has 0 fully saturated rings. The second-order valence-corrected chi connectivity index (χ2v) is 3.89. The topological polar surface area (TPSA) is 38.9 Å². The van der Waals surface area contributed by atoms with Crippen LogP contribution < -0.4 is 5.73 Å². The number of anilines is 1. The molecule has 15 heavy (non-hydrogen) atoms. The van der Waals surface area contributed by atoms with Crippen molar-refractivity contribution >= 4 is 28.9 Å². The number of aromatic nitrogens is 1. The maximum absolute atomic E-state index is 6.05. The third-order valence-electron chi connectivity index (χ3n) is 2.01. The average molecular weight is 239 g/mol. The Morgan fingerprint density at radius 2 is 1.67 bits per heavy atom. The molecule has 2 N–H and O–H groups in total. The van der Waals surface area contributed by atoms with Crippen molar-refractivity contribution in [2.45, 2.75) is 0 Å². The number of rotatable bonds is 1. The van der Waals surface area contributed by atoms with Crippen LogP contribution in [-0.4, -0.2) is 4.98 Å². The maximum atomic E-state index is 6.05. The van der Waals surface area contributed by atoms with Gasteiger partial charge in [-0.3, -0.25) is 4.98 Å². The first-order chi connectivity index (χ1) is 7.18. The van der Waals surface area contributed by atoms with Gasteiger partial charge < -0.3 is 5.73 Å². The lowest BCUT2D eigenvalue weighted by Gasteiger charge is -2.05.